The summed E-state index contributed by atoms with van der Waals surface area (Å²) in [4.78, 5) is 0. The molecule has 0 aromatic carbocycles. The van der Waals surface area contributed by atoms with Crippen LogP contribution >= 0.6 is 0 Å². The van der Waals surface area contributed by atoms with Crippen LogP contribution in [0, 0.1) is 34.5 Å². The fourth-order valence-electron chi connectivity index (χ4n) is 8.09. The fraction of sp³-hybridized carbons (Fsp3) is 0.917. The van der Waals surface area contributed by atoms with Crippen molar-refractivity contribution in [2.45, 2.75) is 97.8 Å². The van der Waals surface area contributed by atoms with Crippen LogP contribution in [0.25, 0.3) is 0 Å². The Kier molecular flexibility index (Phi) is 4.84. The molecule has 1 N–H and O–H groups in total. The van der Waals surface area contributed by atoms with Gasteiger partial charge in [-0.05, 0) is 98.7 Å². The van der Waals surface area contributed by atoms with E-state index in [4.69, 9.17) is 0 Å². The first kappa shape index (κ1) is 18.1. The van der Waals surface area contributed by atoms with Crippen molar-refractivity contribution >= 4 is 0 Å². The van der Waals surface area contributed by atoms with Gasteiger partial charge in [0.15, 0.2) is 0 Å². The zero-order chi connectivity index (χ0) is 17.7. The summed E-state index contributed by atoms with van der Waals surface area (Å²) in [5, 5.41) is 9.24. The molecule has 3 saturated carbocycles. The predicted octanol–water partition coefficient (Wildman–Crippen LogP) is 6.51. The molecule has 0 heterocycles. The number of hydrogen-bond donors (Lipinski definition) is 1. The number of allylic oxidation sites excluding steroid dienone is 2. The minimum absolute atomic E-state index is 0.365. The standard InChI is InChI=1S/C24H40O/c1-17(7-6-16-25)20-11-12-21-19-10-9-18-8-4-5-14-23(18,2)22(19)13-15-24(20,21)3/h17-18,20,22,25H,4-16H2,1-3H3. The quantitative estimate of drug-likeness (QED) is 0.576. The number of fused-ring (bicyclic) bond motifs is 4. The minimum Gasteiger partial charge on any atom is -0.396 e. The Morgan fingerprint density at radius 2 is 1.88 bits per heavy atom. The van der Waals surface area contributed by atoms with E-state index in [0.717, 1.165) is 30.1 Å². The summed E-state index contributed by atoms with van der Waals surface area (Å²) in [5.74, 6) is 3.56. The smallest absolute Gasteiger partial charge is 0.0431 e. The van der Waals surface area contributed by atoms with E-state index in [2.05, 4.69) is 20.8 Å². The average Bonchev–Trinajstić information content (AvgIpc) is 2.96. The molecule has 0 aromatic rings. The van der Waals surface area contributed by atoms with Gasteiger partial charge in [0, 0.05) is 6.61 Å². The molecule has 0 aliphatic heterocycles. The van der Waals surface area contributed by atoms with Crippen LogP contribution in [0.4, 0.5) is 0 Å². The van der Waals surface area contributed by atoms with Gasteiger partial charge < -0.3 is 5.11 Å². The summed E-state index contributed by atoms with van der Waals surface area (Å²) in [5.41, 5.74) is 4.99. The van der Waals surface area contributed by atoms with Gasteiger partial charge in [-0.3, -0.25) is 0 Å². The van der Waals surface area contributed by atoms with Gasteiger partial charge in [-0.25, -0.2) is 0 Å². The molecule has 0 aromatic heterocycles. The first-order valence-electron chi connectivity index (χ1n) is 11.3. The number of rotatable bonds is 4. The zero-order valence-corrected chi connectivity index (χ0v) is 16.9. The van der Waals surface area contributed by atoms with Gasteiger partial charge in [0.25, 0.3) is 0 Å². The Morgan fingerprint density at radius 1 is 1.04 bits per heavy atom. The van der Waals surface area contributed by atoms with Crippen LogP contribution in [0.1, 0.15) is 97.8 Å². The first-order valence-corrected chi connectivity index (χ1v) is 11.3. The molecule has 0 bridgehead atoms. The second-order valence-electron chi connectivity index (χ2n) is 10.5. The average molecular weight is 345 g/mol. The Morgan fingerprint density at radius 3 is 2.68 bits per heavy atom. The minimum atomic E-state index is 0.365. The van der Waals surface area contributed by atoms with E-state index in [1.807, 2.05) is 11.1 Å². The molecule has 4 rings (SSSR count). The van der Waals surface area contributed by atoms with Crippen molar-refractivity contribution in [3.8, 4) is 0 Å². The lowest BCUT2D eigenvalue weighted by Gasteiger charge is -2.56. The van der Waals surface area contributed by atoms with Gasteiger partial charge in [0.05, 0.1) is 0 Å². The maximum Gasteiger partial charge on any atom is 0.0431 e. The molecule has 6 unspecified atom stereocenters. The highest BCUT2D eigenvalue weighted by Gasteiger charge is 2.54. The van der Waals surface area contributed by atoms with Crippen LogP contribution in [0.5, 0.6) is 0 Å². The van der Waals surface area contributed by atoms with Crippen LogP contribution in [-0.4, -0.2) is 11.7 Å². The van der Waals surface area contributed by atoms with Crippen LogP contribution in [0.15, 0.2) is 11.1 Å². The Hall–Kier alpha value is -0.300. The van der Waals surface area contributed by atoms with Crippen LogP contribution in [-0.2, 0) is 0 Å². The summed E-state index contributed by atoms with van der Waals surface area (Å²) >= 11 is 0. The van der Waals surface area contributed by atoms with E-state index in [0.29, 0.717) is 17.4 Å². The molecule has 1 heteroatoms. The largest absolute Gasteiger partial charge is 0.396 e. The third kappa shape index (κ3) is 2.75. The third-order valence-corrected chi connectivity index (χ3v) is 9.49. The molecule has 0 amide bonds. The number of hydrogen-bond acceptors (Lipinski definition) is 1. The van der Waals surface area contributed by atoms with Gasteiger partial charge in [-0.2, -0.15) is 0 Å². The second kappa shape index (κ2) is 6.70. The van der Waals surface area contributed by atoms with E-state index in [1.54, 1.807) is 0 Å². The molecule has 0 saturated heterocycles. The molecule has 0 spiro atoms. The van der Waals surface area contributed by atoms with Crippen LogP contribution in [0.2, 0.25) is 0 Å². The highest BCUT2D eigenvalue weighted by Crippen LogP contribution is 2.65. The van der Waals surface area contributed by atoms with E-state index in [9.17, 15) is 5.11 Å². The SMILES string of the molecule is CC(CCCO)C1CCC2=C3CCC4CCCCC4(C)C3CCC21C. The van der Waals surface area contributed by atoms with Crippen molar-refractivity contribution in [2.24, 2.45) is 34.5 Å². The molecule has 0 radical (unpaired) electrons. The molecule has 4 aliphatic carbocycles. The fourth-order valence-corrected chi connectivity index (χ4v) is 8.09. The Balaban J connectivity index is 1.62. The van der Waals surface area contributed by atoms with Crippen LogP contribution < -0.4 is 0 Å². The van der Waals surface area contributed by atoms with Gasteiger partial charge >= 0.3 is 0 Å². The summed E-state index contributed by atoms with van der Waals surface area (Å²) in [7, 11) is 0. The lowest BCUT2D eigenvalue weighted by Crippen LogP contribution is -2.46. The van der Waals surface area contributed by atoms with Gasteiger partial charge in [0.1, 0.15) is 0 Å². The number of aliphatic hydroxyl groups is 1. The molecule has 25 heavy (non-hydrogen) atoms. The van der Waals surface area contributed by atoms with Gasteiger partial charge in [-0.1, -0.05) is 44.8 Å². The maximum atomic E-state index is 9.24. The van der Waals surface area contributed by atoms with E-state index >= 15 is 0 Å². The maximum absolute atomic E-state index is 9.24. The molecular formula is C24H40O. The summed E-state index contributed by atoms with van der Waals surface area (Å²) in [6.45, 7) is 8.11. The Bertz CT molecular complexity index is 534. The lowest BCUT2D eigenvalue weighted by atomic mass is 9.49. The molecule has 3 fully saturated rings. The molecule has 6 atom stereocenters. The summed E-state index contributed by atoms with van der Waals surface area (Å²) in [6.07, 6.45) is 16.8. The van der Waals surface area contributed by atoms with E-state index in [-0.39, 0.29) is 0 Å². The highest BCUT2D eigenvalue weighted by molar-refractivity contribution is 5.34. The van der Waals surface area contributed by atoms with Crippen molar-refractivity contribution in [3.63, 3.8) is 0 Å². The van der Waals surface area contributed by atoms with Gasteiger partial charge in [-0.15, -0.1) is 0 Å². The number of aliphatic hydroxyl groups excluding tert-OH is 1. The third-order valence-electron chi connectivity index (χ3n) is 9.49. The van der Waals surface area contributed by atoms with Crippen molar-refractivity contribution in [1.29, 1.82) is 0 Å². The second-order valence-corrected chi connectivity index (χ2v) is 10.5. The normalized spacial score (nSPS) is 44.9. The van der Waals surface area contributed by atoms with Crippen LogP contribution in [0.3, 0.4) is 0 Å². The lowest BCUT2D eigenvalue weighted by molar-refractivity contribution is 0.00924. The monoisotopic (exact) mass is 344 g/mol. The predicted molar refractivity (Wildman–Crippen MR) is 105 cm³/mol. The Labute approximate surface area is 155 Å². The van der Waals surface area contributed by atoms with E-state index in [1.165, 1.54) is 70.6 Å². The van der Waals surface area contributed by atoms with Crippen molar-refractivity contribution in [2.75, 3.05) is 6.61 Å². The van der Waals surface area contributed by atoms with Crippen molar-refractivity contribution < 1.29 is 5.11 Å². The zero-order valence-electron chi connectivity index (χ0n) is 16.9. The summed E-state index contributed by atoms with van der Waals surface area (Å²) < 4.78 is 0. The highest BCUT2D eigenvalue weighted by atomic mass is 16.2. The molecule has 4 aliphatic rings. The summed E-state index contributed by atoms with van der Waals surface area (Å²) in [6, 6.07) is 0. The molecular weight excluding hydrogens is 304 g/mol. The van der Waals surface area contributed by atoms with Crippen molar-refractivity contribution in [3.05, 3.63) is 11.1 Å². The van der Waals surface area contributed by atoms with Gasteiger partial charge in [0.2, 0.25) is 0 Å². The van der Waals surface area contributed by atoms with Crippen molar-refractivity contribution in [1.82, 2.24) is 0 Å². The molecule has 1 nitrogen and oxygen atoms in total. The van der Waals surface area contributed by atoms with E-state index < -0.39 is 0 Å². The topological polar surface area (TPSA) is 20.2 Å². The first-order chi connectivity index (χ1) is 12.0. The molecule has 142 valence electrons.